The second-order valence-corrected chi connectivity index (χ2v) is 4.81. The van der Waals surface area contributed by atoms with E-state index in [0.29, 0.717) is 21.6 Å². The second-order valence-electron chi connectivity index (χ2n) is 4.40. The molecule has 2 N–H and O–H groups in total. The number of hydrogen-bond donors (Lipinski definition) is 1. The third-order valence-electron chi connectivity index (χ3n) is 3.10. The van der Waals surface area contributed by atoms with Crippen molar-refractivity contribution in [1.29, 1.82) is 0 Å². The van der Waals surface area contributed by atoms with E-state index in [1.807, 2.05) is 0 Å². The van der Waals surface area contributed by atoms with Gasteiger partial charge in [0.05, 0.1) is 17.1 Å². The summed E-state index contributed by atoms with van der Waals surface area (Å²) in [6.07, 6.45) is 0. The van der Waals surface area contributed by atoms with Gasteiger partial charge in [-0.1, -0.05) is 23.7 Å². The number of benzene rings is 2. The van der Waals surface area contributed by atoms with Crippen LogP contribution in [0.3, 0.4) is 0 Å². The van der Waals surface area contributed by atoms with Crippen LogP contribution in [0, 0.1) is 11.6 Å². The summed E-state index contributed by atoms with van der Waals surface area (Å²) in [5, 5.41) is 0.479. The van der Waals surface area contributed by atoms with E-state index in [2.05, 4.69) is 4.98 Å². The van der Waals surface area contributed by atoms with E-state index in [9.17, 15) is 8.78 Å². The number of rotatable bonds is 2. The molecule has 0 aliphatic carbocycles. The van der Waals surface area contributed by atoms with E-state index >= 15 is 0 Å². The highest BCUT2D eigenvalue weighted by molar-refractivity contribution is 6.35. The highest BCUT2D eigenvalue weighted by atomic mass is 35.5. The Labute approximate surface area is 118 Å². The molecule has 0 aliphatic heterocycles. The molecule has 0 aliphatic rings. The van der Waals surface area contributed by atoms with Crippen LogP contribution in [-0.4, -0.2) is 9.55 Å². The fourth-order valence-corrected chi connectivity index (χ4v) is 2.33. The van der Waals surface area contributed by atoms with Crippen LogP contribution in [-0.2, 0) is 6.54 Å². The Hall–Kier alpha value is -2.14. The highest BCUT2D eigenvalue weighted by Crippen LogP contribution is 2.26. The van der Waals surface area contributed by atoms with E-state index in [1.54, 1.807) is 22.8 Å². The minimum Gasteiger partial charge on any atom is -0.369 e. The summed E-state index contributed by atoms with van der Waals surface area (Å²) in [5.74, 6) is -0.997. The van der Waals surface area contributed by atoms with Gasteiger partial charge < -0.3 is 10.3 Å². The molecule has 1 heterocycles. The van der Waals surface area contributed by atoms with Crippen molar-refractivity contribution < 1.29 is 8.78 Å². The average Bonchev–Trinajstić information content (AvgIpc) is 2.71. The molecule has 102 valence electrons. The monoisotopic (exact) mass is 293 g/mol. The first-order valence-corrected chi connectivity index (χ1v) is 6.28. The van der Waals surface area contributed by atoms with Crippen LogP contribution >= 0.6 is 11.6 Å². The van der Waals surface area contributed by atoms with Crippen LogP contribution in [0.15, 0.2) is 36.4 Å². The molecule has 1 aromatic heterocycles. The van der Waals surface area contributed by atoms with Gasteiger partial charge in [0, 0.05) is 11.6 Å². The number of anilines is 1. The molecule has 0 unspecified atom stereocenters. The summed E-state index contributed by atoms with van der Waals surface area (Å²) in [7, 11) is 0. The van der Waals surface area contributed by atoms with Crippen molar-refractivity contribution in [3.63, 3.8) is 0 Å². The predicted molar refractivity (Wildman–Crippen MR) is 74.6 cm³/mol. The molecule has 0 bridgehead atoms. The maximum Gasteiger partial charge on any atom is 0.201 e. The minimum atomic E-state index is -0.617. The Balaban J connectivity index is 2.11. The minimum absolute atomic E-state index is 0.161. The van der Waals surface area contributed by atoms with Crippen LogP contribution < -0.4 is 5.73 Å². The van der Waals surface area contributed by atoms with Crippen LogP contribution in [0.4, 0.5) is 14.7 Å². The Morgan fingerprint density at radius 2 is 2.00 bits per heavy atom. The molecule has 3 rings (SSSR count). The molecular formula is C14H10ClF2N3. The maximum absolute atomic E-state index is 13.7. The summed E-state index contributed by atoms with van der Waals surface area (Å²) < 4.78 is 28.3. The first-order valence-electron chi connectivity index (χ1n) is 5.90. The van der Waals surface area contributed by atoms with Gasteiger partial charge in [-0.05, 0) is 18.2 Å². The van der Waals surface area contributed by atoms with Gasteiger partial charge in [0.2, 0.25) is 5.95 Å². The lowest BCUT2D eigenvalue weighted by atomic mass is 10.2. The molecule has 2 aromatic carbocycles. The lowest BCUT2D eigenvalue weighted by molar-refractivity contribution is 0.568. The van der Waals surface area contributed by atoms with Gasteiger partial charge in [0.25, 0.3) is 0 Å². The molecule has 0 spiro atoms. The molecule has 3 aromatic rings. The zero-order valence-electron chi connectivity index (χ0n) is 10.3. The Morgan fingerprint density at radius 3 is 2.75 bits per heavy atom. The van der Waals surface area contributed by atoms with Crippen molar-refractivity contribution in [2.24, 2.45) is 0 Å². The molecule has 20 heavy (non-hydrogen) atoms. The van der Waals surface area contributed by atoms with Crippen molar-refractivity contribution in [2.45, 2.75) is 6.54 Å². The van der Waals surface area contributed by atoms with Gasteiger partial charge in [-0.2, -0.15) is 0 Å². The Kier molecular flexibility index (Phi) is 3.06. The van der Waals surface area contributed by atoms with Crippen LogP contribution in [0.2, 0.25) is 5.02 Å². The predicted octanol–water partition coefficient (Wildman–Crippen LogP) is 3.60. The highest BCUT2D eigenvalue weighted by Gasteiger charge is 2.13. The fraction of sp³-hybridized carbons (Fsp3) is 0.0714. The molecule has 6 heteroatoms. The smallest absolute Gasteiger partial charge is 0.201 e. The Bertz CT molecular complexity index is 798. The Morgan fingerprint density at radius 1 is 1.20 bits per heavy atom. The van der Waals surface area contributed by atoms with E-state index in [1.165, 1.54) is 12.1 Å². The lowest BCUT2D eigenvalue weighted by Gasteiger charge is -2.08. The standard InChI is InChI=1S/C14H10ClF2N3/c15-10-2-1-3-12-13(10)19-14(18)20(12)7-8-4-5-9(16)6-11(8)17/h1-6H,7H2,(H2,18,19). The first-order chi connectivity index (χ1) is 9.56. The summed E-state index contributed by atoms with van der Waals surface area (Å²) in [5.41, 5.74) is 7.45. The fourth-order valence-electron chi connectivity index (χ4n) is 2.12. The van der Waals surface area contributed by atoms with Crippen molar-refractivity contribution in [3.8, 4) is 0 Å². The molecule has 0 saturated heterocycles. The normalized spacial score (nSPS) is 11.2. The second kappa shape index (κ2) is 4.76. The molecule has 0 atom stereocenters. The SMILES string of the molecule is Nc1nc2c(Cl)cccc2n1Cc1ccc(F)cc1F. The lowest BCUT2D eigenvalue weighted by Crippen LogP contribution is -2.06. The average molecular weight is 294 g/mol. The number of nitrogens with zero attached hydrogens (tertiary/aromatic N) is 2. The van der Waals surface area contributed by atoms with Crippen LogP contribution in [0.5, 0.6) is 0 Å². The van der Waals surface area contributed by atoms with Gasteiger partial charge in [0.15, 0.2) is 0 Å². The van der Waals surface area contributed by atoms with Crippen LogP contribution in [0.25, 0.3) is 11.0 Å². The zero-order valence-corrected chi connectivity index (χ0v) is 11.0. The van der Waals surface area contributed by atoms with Gasteiger partial charge in [-0.15, -0.1) is 0 Å². The number of nitrogens with two attached hydrogens (primary N) is 1. The third kappa shape index (κ3) is 2.10. The summed E-state index contributed by atoms with van der Waals surface area (Å²) in [4.78, 5) is 4.17. The quantitative estimate of drug-likeness (QED) is 0.784. The third-order valence-corrected chi connectivity index (χ3v) is 3.41. The number of nitrogen functional groups attached to an aromatic ring is 1. The van der Waals surface area contributed by atoms with E-state index in [4.69, 9.17) is 17.3 Å². The zero-order chi connectivity index (χ0) is 14.3. The number of fused-ring (bicyclic) bond motifs is 1. The first kappa shape index (κ1) is 12.9. The summed E-state index contributed by atoms with van der Waals surface area (Å²) >= 11 is 6.04. The van der Waals surface area contributed by atoms with E-state index < -0.39 is 11.6 Å². The molecule has 0 fully saturated rings. The van der Waals surface area contributed by atoms with Crippen molar-refractivity contribution in [2.75, 3.05) is 5.73 Å². The van der Waals surface area contributed by atoms with E-state index in [0.717, 1.165) is 6.07 Å². The van der Waals surface area contributed by atoms with E-state index in [-0.39, 0.29) is 12.5 Å². The van der Waals surface area contributed by atoms with Gasteiger partial charge in [0.1, 0.15) is 17.2 Å². The molecule has 0 saturated carbocycles. The number of hydrogen-bond acceptors (Lipinski definition) is 2. The van der Waals surface area contributed by atoms with Gasteiger partial charge >= 0.3 is 0 Å². The molecule has 3 nitrogen and oxygen atoms in total. The number of para-hydroxylation sites is 1. The summed E-state index contributed by atoms with van der Waals surface area (Å²) in [6.45, 7) is 0.161. The molecule has 0 radical (unpaired) electrons. The number of aromatic nitrogens is 2. The van der Waals surface area contributed by atoms with Crippen molar-refractivity contribution in [3.05, 3.63) is 58.6 Å². The molecular weight excluding hydrogens is 284 g/mol. The van der Waals surface area contributed by atoms with Gasteiger partial charge in [-0.25, -0.2) is 13.8 Å². The summed E-state index contributed by atoms with van der Waals surface area (Å²) in [6, 6.07) is 8.72. The van der Waals surface area contributed by atoms with Gasteiger partial charge in [-0.3, -0.25) is 0 Å². The van der Waals surface area contributed by atoms with Crippen molar-refractivity contribution >= 4 is 28.6 Å². The maximum atomic E-state index is 13.7. The topological polar surface area (TPSA) is 43.8 Å². The number of halogens is 3. The van der Waals surface area contributed by atoms with Crippen LogP contribution in [0.1, 0.15) is 5.56 Å². The van der Waals surface area contributed by atoms with Crippen molar-refractivity contribution in [1.82, 2.24) is 9.55 Å². The molecule has 0 amide bonds. The number of imidazole rings is 1. The largest absolute Gasteiger partial charge is 0.369 e.